The van der Waals surface area contributed by atoms with Crippen molar-refractivity contribution in [3.63, 3.8) is 0 Å². The minimum atomic E-state index is -0.649. The average Bonchev–Trinajstić information content (AvgIpc) is 2.82. The molecule has 2 amide bonds. The zero-order valence-corrected chi connectivity index (χ0v) is 15.1. The van der Waals surface area contributed by atoms with Gasteiger partial charge in [-0.25, -0.2) is 9.69 Å². The number of likely N-dealkylation sites (tertiary alicyclic amines) is 1. The number of rotatable bonds is 2. The highest BCUT2D eigenvalue weighted by Gasteiger charge is 2.40. The number of carbonyl (C=O) groups excluding carboxylic acids is 2. The second-order valence-electron chi connectivity index (χ2n) is 6.33. The first-order valence-electron chi connectivity index (χ1n) is 7.37. The van der Waals surface area contributed by atoms with Gasteiger partial charge in [0.1, 0.15) is 5.60 Å². The van der Waals surface area contributed by atoms with Crippen LogP contribution in [0.15, 0.2) is 48.6 Å². The molecule has 1 aromatic rings. The van der Waals surface area contributed by atoms with Gasteiger partial charge in [-0.2, -0.15) is 0 Å². The van der Waals surface area contributed by atoms with Crippen LogP contribution in [0.1, 0.15) is 26.3 Å². The molecule has 0 aliphatic carbocycles. The normalized spacial score (nSPS) is 20.4. The van der Waals surface area contributed by atoms with Crippen LogP contribution in [0, 0.1) is 5.92 Å². The van der Waals surface area contributed by atoms with Gasteiger partial charge in [-0.1, -0.05) is 36.4 Å². The number of hydrogen-bond donors (Lipinski definition) is 0. The van der Waals surface area contributed by atoms with Crippen LogP contribution in [-0.4, -0.2) is 29.0 Å². The SMILES string of the molecule is C=CC1CN(C(=O)OC(C)(C)C)C(=O)/C1=C(\Br)c1ccccc1. The lowest BCUT2D eigenvalue weighted by Gasteiger charge is -2.23. The van der Waals surface area contributed by atoms with Gasteiger partial charge in [0, 0.05) is 22.5 Å². The maximum Gasteiger partial charge on any atom is 0.417 e. The van der Waals surface area contributed by atoms with Crippen molar-refractivity contribution in [2.24, 2.45) is 5.92 Å². The maximum absolute atomic E-state index is 12.7. The van der Waals surface area contributed by atoms with Crippen LogP contribution in [0.3, 0.4) is 0 Å². The van der Waals surface area contributed by atoms with Crippen molar-refractivity contribution >= 4 is 32.4 Å². The molecule has 0 radical (unpaired) electrons. The molecule has 1 fully saturated rings. The second kappa shape index (κ2) is 6.71. The second-order valence-corrected chi connectivity index (χ2v) is 7.12. The maximum atomic E-state index is 12.7. The lowest BCUT2D eigenvalue weighted by Crippen LogP contribution is -2.37. The van der Waals surface area contributed by atoms with Gasteiger partial charge in [0.2, 0.25) is 0 Å². The van der Waals surface area contributed by atoms with Gasteiger partial charge in [-0.05, 0) is 42.3 Å². The summed E-state index contributed by atoms with van der Waals surface area (Å²) in [5.41, 5.74) is 0.760. The molecule has 1 saturated heterocycles. The molecule has 1 aliphatic rings. The van der Waals surface area contributed by atoms with E-state index >= 15 is 0 Å². The third-order valence-corrected chi connectivity index (χ3v) is 4.27. The molecule has 1 atom stereocenters. The van der Waals surface area contributed by atoms with Gasteiger partial charge in [0.25, 0.3) is 5.91 Å². The molecule has 23 heavy (non-hydrogen) atoms. The van der Waals surface area contributed by atoms with Crippen LogP contribution >= 0.6 is 15.9 Å². The summed E-state index contributed by atoms with van der Waals surface area (Å²) in [7, 11) is 0. The van der Waals surface area contributed by atoms with Gasteiger partial charge < -0.3 is 4.74 Å². The molecule has 1 heterocycles. The summed E-state index contributed by atoms with van der Waals surface area (Å²) in [6, 6.07) is 9.50. The van der Waals surface area contributed by atoms with Crippen molar-refractivity contribution in [1.29, 1.82) is 0 Å². The predicted octanol–water partition coefficient (Wildman–Crippen LogP) is 4.37. The van der Waals surface area contributed by atoms with Gasteiger partial charge in [0.05, 0.1) is 0 Å². The molecule has 0 bridgehead atoms. The van der Waals surface area contributed by atoms with E-state index in [0.29, 0.717) is 10.1 Å². The minimum absolute atomic E-state index is 0.232. The largest absolute Gasteiger partial charge is 0.443 e. The molecule has 122 valence electrons. The number of nitrogens with zero attached hydrogens (tertiary/aromatic N) is 1. The summed E-state index contributed by atoms with van der Waals surface area (Å²) in [5, 5.41) is 0. The van der Waals surface area contributed by atoms with Gasteiger partial charge in [-0.15, -0.1) is 6.58 Å². The zero-order chi connectivity index (χ0) is 17.2. The summed E-state index contributed by atoms with van der Waals surface area (Å²) in [4.78, 5) is 26.1. The van der Waals surface area contributed by atoms with Gasteiger partial charge >= 0.3 is 6.09 Å². The number of imide groups is 1. The number of carbonyl (C=O) groups is 2. The summed E-state index contributed by atoms with van der Waals surface area (Å²) in [6.07, 6.45) is 1.06. The van der Waals surface area contributed by atoms with Crippen LogP contribution in [0.5, 0.6) is 0 Å². The summed E-state index contributed by atoms with van der Waals surface area (Å²) < 4.78 is 5.99. The van der Waals surface area contributed by atoms with E-state index < -0.39 is 11.7 Å². The average molecular weight is 378 g/mol. The highest BCUT2D eigenvalue weighted by molar-refractivity contribution is 9.15. The van der Waals surface area contributed by atoms with Crippen LogP contribution < -0.4 is 0 Å². The fourth-order valence-electron chi connectivity index (χ4n) is 2.34. The van der Waals surface area contributed by atoms with Crippen molar-refractivity contribution in [2.75, 3.05) is 6.54 Å². The highest BCUT2D eigenvalue weighted by atomic mass is 79.9. The number of halogens is 1. The molecule has 0 saturated carbocycles. The van der Waals surface area contributed by atoms with E-state index in [0.717, 1.165) is 10.5 Å². The first-order valence-corrected chi connectivity index (χ1v) is 8.16. The lowest BCUT2D eigenvalue weighted by atomic mass is 10.00. The van der Waals surface area contributed by atoms with Crippen LogP contribution in [0.2, 0.25) is 0 Å². The van der Waals surface area contributed by atoms with Gasteiger partial charge in [-0.3, -0.25) is 4.79 Å². The monoisotopic (exact) mass is 377 g/mol. The molecular formula is C18H20BrNO3. The van der Waals surface area contributed by atoms with E-state index in [9.17, 15) is 9.59 Å². The smallest absolute Gasteiger partial charge is 0.417 e. The topological polar surface area (TPSA) is 46.6 Å². The third kappa shape index (κ3) is 3.91. The molecule has 0 aromatic heterocycles. The van der Waals surface area contributed by atoms with Gasteiger partial charge in [0.15, 0.2) is 0 Å². The Balaban J connectivity index is 2.36. The van der Waals surface area contributed by atoms with E-state index in [-0.39, 0.29) is 18.4 Å². The standard InChI is InChI=1S/C18H20BrNO3/c1-5-12-11-20(17(22)23-18(2,3)4)16(21)14(12)15(19)13-9-7-6-8-10-13/h5-10,12H,1,11H2,2-4H3/b15-14-. The molecule has 2 rings (SSSR count). The molecule has 4 nitrogen and oxygen atoms in total. The fourth-order valence-corrected chi connectivity index (χ4v) is 3.07. The first-order chi connectivity index (χ1) is 10.7. The Morgan fingerprint density at radius 1 is 1.35 bits per heavy atom. The lowest BCUT2D eigenvalue weighted by molar-refractivity contribution is -0.124. The van der Waals surface area contributed by atoms with Crippen molar-refractivity contribution in [1.82, 2.24) is 4.90 Å². The quantitative estimate of drug-likeness (QED) is 0.567. The molecule has 1 aromatic carbocycles. The third-order valence-electron chi connectivity index (χ3n) is 3.39. The number of hydrogen-bond acceptors (Lipinski definition) is 3. The van der Waals surface area contributed by atoms with E-state index in [1.165, 1.54) is 0 Å². The molecule has 1 aliphatic heterocycles. The van der Waals surface area contributed by atoms with E-state index in [1.807, 2.05) is 30.3 Å². The molecule has 5 heteroatoms. The Morgan fingerprint density at radius 3 is 2.48 bits per heavy atom. The number of ether oxygens (including phenoxy) is 1. The highest BCUT2D eigenvalue weighted by Crippen LogP contribution is 2.36. The molecule has 1 unspecified atom stereocenters. The summed E-state index contributed by atoms with van der Waals surface area (Å²) >= 11 is 3.50. The number of amides is 2. The molecule has 0 N–H and O–H groups in total. The van der Waals surface area contributed by atoms with E-state index in [2.05, 4.69) is 22.5 Å². The Hall–Kier alpha value is -1.88. The Labute approximate surface area is 144 Å². The first kappa shape index (κ1) is 17.5. The van der Waals surface area contributed by atoms with Crippen LogP contribution in [0.4, 0.5) is 4.79 Å². The van der Waals surface area contributed by atoms with E-state index in [1.54, 1.807) is 26.8 Å². The Morgan fingerprint density at radius 2 is 1.96 bits per heavy atom. The minimum Gasteiger partial charge on any atom is -0.443 e. The van der Waals surface area contributed by atoms with Crippen molar-refractivity contribution in [2.45, 2.75) is 26.4 Å². The summed E-state index contributed by atoms with van der Waals surface area (Å²) in [5.74, 6) is -0.579. The molecule has 0 spiro atoms. The van der Waals surface area contributed by atoms with E-state index in [4.69, 9.17) is 4.74 Å². The Kier molecular flexibility index (Phi) is 5.09. The van der Waals surface area contributed by atoms with Crippen LogP contribution in [0.25, 0.3) is 4.48 Å². The van der Waals surface area contributed by atoms with Crippen molar-refractivity contribution in [3.8, 4) is 0 Å². The predicted molar refractivity (Wildman–Crippen MR) is 93.9 cm³/mol. The summed E-state index contributed by atoms with van der Waals surface area (Å²) in [6.45, 7) is 9.34. The van der Waals surface area contributed by atoms with Crippen molar-refractivity contribution in [3.05, 3.63) is 54.1 Å². The Bertz CT molecular complexity index is 659. The molecular weight excluding hydrogens is 358 g/mol. The van der Waals surface area contributed by atoms with Crippen molar-refractivity contribution < 1.29 is 14.3 Å². The fraction of sp³-hybridized carbons (Fsp3) is 0.333. The zero-order valence-electron chi connectivity index (χ0n) is 13.5. The number of benzene rings is 1. The van der Waals surface area contributed by atoms with Crippen LogP contribution in [-0.2, 0) is 9.53 Å².